The molecule has 2 N–H and O–H groups in total. The summed E-state index contributed by atoms with van der Waals surface area (Å²) in [4.78, 5) is 10.4. The number of nitrogens with zero attached hydrogens (tertiary/aromatic N) is 2. The number of phenolic OH excluding ortho intramolecular Hbond substituents is 2. The van der Waals surface area contributed by atoms with Gasteiger partial charge in [-0.15, -0.1) is 0 Å². The van der Waals surface area contributed by atoms with Crippen LogP contribution in [0.15, 0.2) is 34.3 Å². The van der Waals surface area contributed by atoms with E-state index in [1.807, 2.05) is 12.4 Å². The number of aryl methyl sites for hydroxylation is 2. The van der Waals surface area contributed by atoms with Gasteiger partial charge in [-0.1, -0.05) is 80.4 Å². The van der Waals surface area contributed by atoms with Crippen LogP contribution in [0.4, 0.5) is 0 Å². The number of phenols is 2. The Labute approximate surface area is 249 Å². The first-order chi connectivity index (χ1) is 19.3. The standard InChI is InChI=1S/C37H54N2O2/c1-9-11-13-25-17-28(33(40)30(19-25)35(3,4)5)23-38-32-21-27-15-16-37(32,22-27)39-24-29-18-26(14-12-10-2)20-31(34(29)41)36(6,7)8/h17-20,23-24,27,32,40-41H,9-16,21-22H2,1-8H3. The molecular weight excluding hydrogens is 504 g/mol. The maximum Gasteiger partial charge on any atom is 0.128 e. The fourth-order valence-electron chi connectivity index (χ4n) is 6.80. The average molecular weight is 559 g/mol. The molecule has 4 rings (SSSR count). The fourth-order valence-corrected chi connectivity index (χ4v) is 6.80. The SMILES string of the molecule is CCCCc1cc(C=NC2CC3CCC2(N=Cc2cc(CCCC)cc(C(C)(C)C)c2O)C3)c(O)c(C(C)(C)C)c1. The second-order valence-corrected chi connectivity index (χ2v) is 14.9. The van der Waals surface area contributed by atoms with Crippen LogP contribution < -0.4 is 0 Å². The van der Waals surface area contributed by atoms with E-state index in [2.05, 4.69) is 79.7 Å². The van der Waals surface area contributed by atoms with Crippen LogP contribution in [0.3, 0.4) is 0 Å². The molecule has 0 aromatic heterocycles. The second-order valence-electron chi connectivity index (χ2n) is 14.9. The number of fused-ring (bicyclic) bond motifs is 2. The van der Waals surface area contributed by atoms with Crippen molar-refractivity contribution in [2.45, 2.75) is 142 Å². The van der Waals surface area contributed by atoms with E-state index in [1.165, 1.54) is 17.5 Å². The summed E-state index contributed by atoms with van der Waals surface area (Å²) >= 11 is 0. The Kier molecular flexibility index (Phi) is 9.41. The molecule has 0 aliphatic heterocycles. The maximum absolute atomic E-state index is 11.3. The molecule has 2 fully saturated rings. The maximum atomic E-state index is 11.3. The van der Waals surface area contributed by atoms with Gasteiger partial charge < -0.3 is 10.2 Å². The van der Waals surface area contributed by atoms with Gasteiger partial charge in [0, 0.05) is 34.7 Å². The van der Waals surface area contributed by atoms with Crippen LogP contribution in [0, 0.1) is 5.92 Å². The number of aromatic hydroxyl groups is 2. The lowest BCUT2D eigenvalue weighted by molar-refractivity contribution is 0.367. The van der Waals surface area contributed by atoms with Gasteiger partial charge in [-0.25, -0.2) is 0 Å². The Morgan fingerprint density at radius 3 is 1.78 bits per heavy atom. The van der Waals surface area contributed by atoms with Gasteiger partial charge in [0.25, 0.3) is 0 Å². The molecule has 224 valence electrons. The van der Waals surface area contributed by atoms with Crippen molar-refractivity contribution < 1.29 is 10.2 Å². The summed E-state index contributed by atoms with van der Waals surface area (Å²) in [6.45, 7) is 17.4. The van der Waals surface area contributed by atoms with Crippen molar-refractivity contribution >= 4 is 12.4 Å². The summed E-state index contributed by atoms with van der Waals surface area (Å²) in [5.74, 6) is 1.35. The molecule has 0 spiro atoms. The lowest BCUT2D eigenvalue weighted by atomic mass is 9.83. The quantitative estimate of drug-likeness (QED) is 0.285. The van der Waals surface area contributed by atoms with Crippen LogP contribution in [0.2, 0.25) is 0 Å². The molecule has 0 radical (unpaired) electrons. The molecule has 2 aliphatic rings. The largest absolute Gasteiger partial charge is 0.507 e. The molecule has 2 aliphatic carbocycles. The molecule has 2 aromatic rings. The zero-order valence-electron chi connectivity index (χ0n) is 27.0. The number of rotatable bonds is 10. The molecule has 41 heavy (non-hydrogen) atoms. The zero-order valence-corrected chi connectivity index (χ0v) is 27.0. The van der Waals surface area contributed by atoms with Gasteiger partial charge in [-0.05, 0) is 91.4 Å². The summed E-state index contributed by atoms with van der Waals surface area (Å²) in [6, 6.07) is 8.71. The number of benzene rings is 2. The van der Waals surface area contributed by atoms with Crippen molar-refractivity contribution in [2.75, 3.05) is 0 Å². The van der Waals surface area contributed by atoms with Gasteiger partial charge >= 0.3 is 0 Å². The van der Waals surface area contributed by atoms with E-state index in [0.29, 0.717) is 17.4 Å². The van der Waals surface area contributed by atoms with Gasteiger partial charge in [-0.2, -0.15) is 0 Å². The molecule has 4 nitrogen and oxygen atoms in total. The van der Waals surface area contributed by atoms with Crippen LogP contribution in [-0.2, 0) is 23.7 Å². The molecule has 3 unspecified atom stereocenters. The van der Waals surface area contributed by atoms with E-state index in [4.69, 9.17) is 9.98 Å². The molecule has 3 atom stereocenters. The lowest BCUT2D eigenvalue weighted by Crippen LogP contribution is -2.34. The Balaban J connectivity index is 1.67. The third-order valence-corrected chi connectivity index (χ3v) is 9.31. The first-order valence-electron chi connectivity index (χ1n) is 16.1. The normalized spacial score (nSPS) is 22.9. The van der Waals surface area contributed by atoms with Crippen molar-refractivity contribution in [2.24, 2.45) is 15.9 Å². The molecule has 0 heterocycles. The van der Waals surface area contributed by atoms with E-state index in [0.717, 1.165) is 80.0 Å². The second kappa shape index (κ2) is 12.3. The van der Waals surface area contributed by atoms with Crippen LogP contribution in [0.25, 0.3) is 0 Å². The first-order valence-corrected chi connectivity index (χ1v) is 16.1. The van der Waals surface area contributed by atoms with Crippen molar-refractivity contribution in [3.63, 3.8) is 0 Å². The highest BCUT2D eigenvalue weighted by atomic mass is 16.3. The van der Waals surface area contributed by atoms with Crippen LogP contribution >= 0.6 is 0 Å². The predicted molar refractivity (Wildman–Crippen MR) is 175 cm³/mol. The number of hydrogen-bond acceptors (Lipinski definition) is 4. The first kappa shape index (κ1) is 31.3. The van der Waals surface area contributed by atoms with Gasteiger partial charge in [0.1, 0.15) is 11.5 Å². The monoisotopic (exact) mass is 558 g/mol. The predicted octanol–water partition coefficient (Wildman–Crippen LogP) is 9.23. The lowest BCUT2D eigenvalue weighted by Gasteiger charge is -2.29. The van der Waals surface area contributed by atoms with E-state index < -0.39 is 0 Å². The summed E-state index contributed by atoms with van der Waals surface area (Å²) < 4.78 is 0. The van der Waals surface area contributed by atoms with E-state index in [9.17, 15) is 10.2 Å². The fraction of sp³-hybridized carbons (Fsp3) is 0.622. The third-order valence-electron chi connectivity index (χ3n) is 9.31. The molecule has 2 bridgehead atoms. The van der Waals surface area contributed by atoms with Crippen molar-refractivity contribution in [1.82, 2.24) is 0 Å². The Hall–Kier alpha value is -2.62. The minimum atomic E-state index is -0.239. The van der Waals surface area contributed by atoms with Crippen LogP contribution in [-0.4, -0.2) is 34.2 Å². The minimum Gasteiger partial charge on any atom is -0.507 e. The van der Waals surface area contributed by atoms with Gasteiger partial charge in [0.05, 0.1) is 11.6 Å². The highest BCUT2D eigenvalue weighted by molar-refractivity contribution is 5.86. The van der Waals surface area contributed by atoms with Crippen LogP contribution in [0.5, 0.6) is 11.5 Å². The highest BCUT2D eigenvalue weighted by Crippen LogP contribution is 2.52. The minimum absolute atomic E-state index is 0.0850. The van der Waals surface area contributed by atoms with E-state index in [1.54, 1.807) is 0 Å². The molecular formula is C37H54N2O2. The third kappa shape index (κ3) is 7.07. The summed E-state index contributed by atoms with van der Waals surface area (Å²) in [5, 5.41) is 22.6. The van der Waals surface area contributed by atoms with E-state index >= 15 is 0 Å². The Bertz CT molecular complexity index is 1280. The number of aliphatic imine (C=N–C) groups is 2. The number of unbranched alkanes of at least 4 members (excludes halogenated alkanes) is 2. The van der Waals surface area contributed by atoms with Crippen molar-refractivity contribution in [1.29, 1.82) is 0 Å². The molecule has 2 aromatic carbocycles. The van der Waals surface area contributed by atoms with Crippen LogP contribution in [0.1, 0.15) is 140 Å². The molecule has 0 saturated heterocycles. The van der Waals surface area contributed by atoms with Gasteiger partial charge in [0.2, 0.25) is 0 Å². The highest BCUT2D eigenvalue weighted by Gasteiger charge is 2.52. The summed E-state index contributed by atoms with van der Waals surface area (Å²) in [6.07, 6.45) is 14.7. The van der Waals surface area contributed by atoms with Crippen molar-refractivity contribution in [3.05, 3.63) is 57.6 Å². The number of hydrogen-bond donors (Lipinski definition) is 2. The molecule has 4 heteroatoms. The summed E-state index contributed by atoms with van der Waals surface area (Å²) in [7, 11) is 0. The van der Waals surface area contributed by atoms with Crippen molar-refractivity contribution in [3.8, 4) is 11.5 Å². The van der Waals surface area contributed by atoms with Gasteiger partial charge in [-0.3, -0.25) is 9.98 Å². The zero-order chi connectivity index (χ0) is 30.0. The van der Waals surface area contributed by atoms with E-state index in [-0.39, 0.29) is 22.4 Å². The van der Waals surface area contributed by atoms with Gasteiger partial charge in [0.15, 0.2) is 0 Å². The smallest absolute Gasteiger partial charge is 0.128 e. The average Bonchev–Trinajstić information content (AvgIpc) is 3.47. The molecule has 0 amide bonds. The Morgan fingerprint density at radius 1 is 0.805 bits per heavy atom. The summed E-state index contributed by atoms with van der Waals surface area (Å²) in [5.41, 5.74) is 5.63. The Morgan fingerprint density at radius 2 is 1.32 bits per heavy atom. The topological polar surface area (TPSA) is 65.2 Å². The molecule has 2 saturated carbocycles.